The van der Waals surface area contributed by atoms with Crippen LogP contribution in [-0.4, -0.2) is 21.4 Å². The average molecular weight is 335 g/mol. The van der Waals surface area contributed by atoms with Crippen molar-refractivity contribution in [3.05, 3.63) is 70.4 Å². The van der Waals surface area contributed by atoms with Crippen LogP contribution in [0, 0.1) is 10.1 Å². The number of hydrogen-bond donors (Lipinski definition) is 0. The topological polar surface area (TPSA) is 68.4 Å². The molecule has 0 saturated heterocycles. The Balaban J connectivity index is 1.63. The Morgan fingerprint density at radius 3 is 2.84 bits per heavy atom. The quantitative estimate of drug-likeness (QED) is 0.543. The van der Waals surface area contributed by atoms with Gasteiger partial charge in [-0.2, -0.15) is 0 Å². The molecule has 0 fully saturated rings. The Bertz CT molecular complexity index is 992. The highest BCUT2D eigenvalue weighted by atomic mass is 16.6. The number of aromatic nitrogens is 1. The van der Waals surface area contributed by atoms with E-state index in [0.717, 1.165) is 23.0 Å². The minimum Gasteiger partial charge on any atom is -0.338 e. The van der Waals surface area contributed by atoms with Gasteiger partial charge in [0.1, 0.15) is 6.54 Å². The maximum absolute atomic E-state index is 12.9. The molecule has 25 heavy (non-hydrogen) atoms. The molecule has 6 nitrogen and oxygen atoms in total. The molecule has 1 aromatic heterocycles. The van der Waals surface area contributed by atoms with Gasteiger partial charge in [0.05, 0.1) is 4.92 Å². The van der Waals surface area contributed by atoms with Gasteiger partial charge in [0.2, 0.25) is 5.91 Å². The maximum atomic E-state index is 12.9. The maximum Gasteiger partial charge on any atom is 0.270 e. The smallest absolute Gasteiger partial charge is 0.270 e. The fourth-order valence-corrected chi connectivity index (χ4v) is 3.61. The number of rotatable bonds is 3. The summed E-state index contributed by atoms with van der Waals surface area (Å²) in [6, 6.07) is 14.6. The number of nitro groups is 1. The number of benzene rings is 2. The third-order valence-corrected chi connectivity index (χ3v) is 4.75. The van der Waals surface area contributed by atoms with E-state index in [1.54, 1.807) is 18.3 Å². The van der Waals surface area contributed by atoms with Crippen molar-refractivity contribution in [2.24, 2.45) is 0 Å². The van der Waals surface area contributed by atoms with Crippen molar-refractivity contribution in [3.8, 4) is 0 Å². The van der Waals surface area contributed by atoms with Crippen molar-refractivity contribution in [3.63, 3.8) is 0 Å². The van der Waals surface area contributed by atoms with E-state index in [1.165, 1.54) is 17.7 Å². The Labute approximate surface area is 144 Å². The number of carbonyl (C=O) groups is 1. The zero-order chi connectivity index (χ0) is 17.6. The summed E-state index contributed by atoms with van der Waals surface area (Å²) in [5.41, 5.74) is 3.04. The van der Waals surface area contributed by atoms with Gasteiger partial charge in [-0.25, -0.2) is 0 Å². The molecular weight excluding hydrogens is 318 g/mol. The van der Waals surface area contributed by atoms with Crippen LogP contribution >= 0.6 is 0 Å². The summed E-state index contributed by atoms with van der Waals surface area (Å²) in [4.78, 5) is 25.2. The normalized spacial score (nSPS) is 16.2. The Morgan fingerprint density at radius 2 is 2.04 bits per heavy atom. The summed E-state index contributed by atoms with van der Waals surface area (Å²) < 4.78 is 1.84. The molecule has 0 bridgehead atoms. The van der Waals surface area contributed by atoms with E-state index in [0.29, 0.717) is 0 Å². The van der Waals surface area contributed by atoms with Gasteiger partial charge in [-0.3, -0.25) is 14.9 Å². The van der Waals surface area contributed by atoms with E-state index < -0.39 is 4.92 Å². The molecule has 0 saturated carbocycles. The highest BCUT2D eigenvalue weighted by molar-refractivity contribution is 5.97. The number of hydrogen-bond acceptors (Lipinski definition) is 3. The molecule has 126 valence electrons. The molecule has 2 heterocycles. The van der Waals surface area contributed by atoms with Crippen molar-refractivity contribution in [2.45, 2.75) is 25.9 Å². The molecule has 1 amide bonds. The van der Waals surface area contributed by atoms with E-state index >= 15 is 0 Å². The van der Waals surface area contributed by atoms with Gasteiger partial charge in [-0.05, 0) is 37.1 Å². The minimum absolute atomic E-state index is 0.0216. The first kappa shape index (κ1) is 15.4. The van der Waals surface area contributed by atoms with Crippen molar-refractivity contribution >= 4 is 28.2 Å². The molecule has 2 aromatic carbocycles. The third-order valence-electron chi connectivity index (χ3n) is 4.75. The second-order valence-electron chi connectivity index (χ2n) is 6.39. The van der Waals surface area contributed by atoms with Crippen LogP contribution < -0.4 is 4.90 Å². The van der Waals surface area contributed by atoms with Crippen molar-refractivity contribution in [1.29, 1.82) is 0 Å². The largest absolute Gasteiger partial charge is 0.338 e. The summed E-state index contributed by atoms with van der Waals surface area (Å²) >= 11 is 0. The number of carbonyl (C=O) groups excluding carboxylic acids is 1. The zero-order valence-corrected chi connectivity index (χ0v) is 13.8. The van der Waals surface area contributed by atoms with Gasteiger partial charge >= 0.3 is 0 Å². The summed E-state index contributed by atoms with van der Waals surface area (Å²) in [6.45, 7) is 2.26. The van der Waals surface area contributed by atoms with Crippen LogP contribution in [0.5, 0.6) is 0 Å². The fourth-order valence-electron chi connectivity index (χ4n) is 3.61. The third kappa shape index (κ3) is 2.55. The molecule has 0 unspecified atom stereocenters. The van der Waals surface area contributed by atoms with E-state index in [-0.39, 0.29) is 24.2 Å². The molecule has 3 aromatic rings. The van der Waals surface area contributed by atoms with E-state index in [9.17, 15) is 14.9 Å². The first-order chi connectivity index (χ1) is 12.0. The number of anilines is 1. The zero-order valence-electron chi connectivity index (χ0n) is 13.8. The number of para-hydroxylation sites is 1. The minimum atomic E-state index is -0.412. The van der Waals surface area contributed by atoms with Gasteiger partial charge in [0, 0.05) is 41.0 Å². The van der Waals surface area contributed by atoms with Crippen LogP contribution in [0.15, 0.2) is 54.7 Å². The number of nitrogens with zero attached hydrogens (tertiary/aromatic N) is 3. The molecule has 0 spiro atoms. The van der Waals surface area contributed by atoms with Gasteiger partial charge < -0.3 is 9.47 Å². The number of fused-ring (bicyclic) bond motifs is 2. The van der Waals surface area contributed by atoms with Crippen LogP contribution in [0.3, 0.4) is 0 Å². The summed E-state index contributed by atoms with van der Waals surface area (Å²) in [5, 5.41) is 11.7. The lowest BCUT2D eigenvalue weighted by molar-refractivity contribution is -0.384. The van der Waals surface area contributed by atoms with Gasteiger partial charge in [0.15, 0.2) is 0 Å². The van der Waals surface area contributed by atoms with E-state index in [1.807, 2.05) is 27.7 Å². The molecule has 1 aliphatic rings. The Kier molecular flexibility index (Phi) is 3.53. The van der Waals surface area contributed by atoms with Crippen LogP contribution in [-0.2, 0) is 17.8 Å². The van der Waals surface area contributed by atoms with Crippen LogP contribution in [0.1, 0.15) is 12.5 Å². The van der Waals surface area contributed by atoms with E-state index in [4.69, 9.17) is 0 Å². The molecule has 4 rings (SSSR count). The lowest BCUT2D eigenvalue weighted by Crippen LogP contribution is -2.37. The fraction of sp³-hybridized carbons (Fsp3) is 0.211. The van der Waals surface area contributed by atoms with Crippen molar-refractivity contribution < 1.29 is 9.72 Å². The van der Waals surface area contributed by atoms with Crippen molar-refractivity contribution in [2.75, 3.05) is 4.90 Å². The number of non-ortho nitro benzene ring substituents is 1. The summed E-state index contributed by atoms with van der Waals surface area (Å²) in [6.07, 6.45) is 2.67. The molecule has 0 radical (unpaired) electrons. The van der Waals surface area contributed by atoms with Crippen molar-refractivity contribution in [1.82, 2.24) is 4.57 Å². The average Bonchev–Trinajstić information content (AvgIpc) is 3.14. The predicted octanol–water partition coefficient (Wildman–Crippen LogP) is 3.53. The van der Waals surface area contributed by atoms with Gasteiger partial charge in [-0.15, -0.1) is 0 Å². The van der Waals surface area contributed by atoms with Crippen LogP contribution in [0.4, 0.5) is 11.4 Å². The summed E-state index contributed by atoms with van der Waals surface area (Å²) in [7, 11) is 0. The van der Waals surface area contributed by atoms with Gasteiger partial charge in [0.25, 0.3) is 5.69 Å². The second kappa shape index (κ2) is 5.73. The second-order valence-corrected chi connectivity index (χ2v) is 6.39. The monoisotopic (exact) mass is 335 g/mol. The standard InChI is InChI=1S/C19H17N3O3/c1-13-10-14-4-2-3-5-18(14)21(13)19(23)12-20-9-8-15-11-16(22(24)25)6-7-17(15)20/h2-9,11,13H,10,12H2,1H3/t13-/m0/s1. The first-order valence-corrected chi connectivity index (χ1v) is 8.18. The number of nitro benzene ring substituents is 1. The highest BCUT2D eigenvalue weighted by Gasteiger charge is 2.30. The Morgan fingerprint density at radius 1 is 1.24 bits per heavy atom. The molecular formula is C19H17N3O3. The number of amides is 1. The lowest BCUT2D eigenvalue weighted by Gasteiger charge is -2.23. The highest BCUT2D eigenvalue weighted by Crippen LogP contribution is 2.32. The predicted molar refractivity (Wildman–Crippen MR) is 95.7 cm³/mol. The SMILES string of the molecule is C[C@H]1Cc2ccccc2N1C(=O)Cn1ccc2cc([N+](=O)[O-])ccc21. The van der Waals surface area contributed by atoms with E-state index in [2.05, 4.69) is 13.0 Å². The van der Waals surface area contributed by atoms with Crippen LogP contribution in [0.25, 0.3) is 10.9 Å². The first-order valence-electron chi connectivity index (χ1n) is 8.18. The Hall–Kier alpha value is -3.15. The van der Waals surface area contributed by atoms with Crippen LogP contribution in [0.2, 0.25) is 0 Å². The molecule has 1 atom stereocenters. The molecule has 0 aliphatic carbocycles. The molecule has 0 N–H and O–H groups in total. The summed E-state index contributed by atoms with van der Waals surface area (Å²) in [5.74, 6) is 0.0216. The molecule has 6 heteroatoms. The molecule has 1 aliphatic heterocycles. The lowest BCUT2D eigenvalue weighted by atomic mass is 10.1. The van der Waals surface area contributed by atoms with Gasteiger partial charge in [-0.1, -0.05) is 18.2 Å².